The SMILES string of the molecule is C[C@]12CCC(=O)C[C@@H]1C[C@H](O)[C@@H]1[C@@H]2CC[C@]2(C)[C@@H](O)CC[C@@H]12. The molecule has 3 nitrogen and oxygen atoms in total. The first-order valence-electron chi connectivity index (χ1n) is 9.24. The van der Waals surface area contributed by atoms with E-state index < -0.39 is 0 Å². The first-order chi connectivity index (χ1) is 10.4. The van der Waals surface area contributed by atoms with E-state index in [-0.39, 0.29) is 23.0 Å². The van der Waals surface area contributed by atoms with Crippen LogP contribution in [-0.2, 0) is 4.79 Å². The Morgan fingerprint density at radius 1 is 1.00 bits per heavy atom. The Hall–Kier alpha value is -0.410. The Labute approximate surface area is 133 Å². The summed E-state index contributed by atoms with van der Waals surface area (Å²) in [5, 5.41) is 21.4. The van der Waals surface area contributed by atoms with Crippen molar-refractivity contribution in [2.45, 2.75) is 77.4 Å². The minimum atomic E-state index is -0.274. The van der Waals surface area contributed by atoms with Gasteiger partial charge in [-0.25, -0.2) is 0 Å². The summed E-state index contributed by atoms with van der Waals surface area (Å²) in [7, 11) is 0. The van der Waals surface area contributed by atoms with Crippen LogP contribution in [0.4, 0.5) is 0 Å². The van der Waals surface area contributed by atoms with Crippen LogP contribution in [0.25, 0.3) is 0 Å². The molecule has 4 aliphatic carbocycles. The summed E-state index contributed by atoms with van der Waals surface area (Å²) in [6.45, 7) is 4.64. The fourth-order valence-corrected chi connectivity index (χ4v) is 6.99. The number of hydrogen-bond acceptors (Lipinski definition) is 3. The molecule has 0 aromatic rings. The van der Waals surface area contributed by atoms with Gasteiger partial charge in [0, 0.05) is 12.8 Å². The van der Waals surface area contributed by atoms with Gasteiger partial charge in [-0.3, -0.25) is 4.79 Å². The maximum atomic E-state index is 11.9. The van der Waals surface area contributed by atoms with Crippen LogP contribution in [0.3, 0.4) is 0 Å². The van der Waals surface area contributed by atoms with Crippen molar-refractivity contribution in [2.24, 2.45) is 34.5 Å². The second-order valence-electron chi connectivity index (χ2n) is 9.18. The Morgan fingerprint density at radius 3 is 2.50 bits per heavy atom. The van der Waals surface area contributed by atoms with E-state index in [0.29, 0.717) is 35.9 Å². The molecule has 124 valence electrons. The highest BCUT2D eigenvalue weighted by atomic mass is 16.3. The van der Waals surface area contributed by atoms with Gasteiger partial charge in [-0.15, -0.1) is 0 Å². The number of aliphatic hydroxyl groups excluding tert-OH is 2. The summed E-state index contributed by atoms with van der Waals surface area (Å²) in [5.74, 6) is 2.11. The molecule has 0 heterocycles. The van der Waals surface area contributed by atoms with Gasteiger partial charge in [-0.05, 0) is 73.0 Å². The highest BCUT2D eigenvalue weighted by Crippen LogP contribution is 2.65. The predicted molar refractivity (Wildman–Crippen MR) is 84.1 cm³/mol. The molecule has 0 unspecified atom stereocenters. The second-order valence-corrected chi connectivity index (χ2v) is 9.18. The van der Waals surface area contributed by atoms with E-state index in [0.717, 1.165) is 44.9 Å². The average Bonchev–Trinajstić information content (AvgIpc) is 2.77. The van der Waals surface area contributed by atoms with Gasteiger partial charge < -0.3 is 10.2 Å². The molecule has 0 aromatic heterocycles. The van der Waals surface area contributed by atoms with E-state index in [1.807, 2.05) is 0 Å². The third-order valence-electron chi connectivity index (χ3n) is 8.45. The lowest BCUT2D eigenvalue weighted by Gasteiger charge is -2.61. The summed E-state index contributed by atoms with van der Waals surface area (Å²) in [4.78, 5) is 11.9. The Bertz CT molecular complexity index is 489. The number of aliphatic hydroxyl groups is 2. The molecule has 0 aliphatic heterocycles. The van der Waals surface area contributed by atoms with Gasteiger partial charge in [0.25, 0.3) is 0 Å². The van der Waals surface area contributed by atoms with Gasteiger partial charge in [0.1, 0.15) is 5.78 Å². The van der Waals surface area contributed by atoms with Crippen LogP contribution in [0.15, 0.2) is 0 Å². The number of carbonyl (C=O) groups is 1. The molecule has 0 amide bonds. The normalized spacial score (nSPS) is 57.9. The van der Waals surface area contributed by atoms with E-state index >= 15 is 0 Å². The van der Waals surface area contributed by atoms with Crippen LogP contribution in [0.2, 0.25) is 0 Å². The van der Waals surface area contributed by atoms with Crippen LogP contribution in [0, 0.1) is 34.5 Å². The topological polar surface area (TPSA) is 57.5 Å². The van der Waals surface area contributed by atoms with Crippen molar-refractivity contribution in [1.29, 1.82) is 0 Å². The zero-order valence-electron chi connectivity index (χ0n) is 13.9. The molecular weight excluding hydrogens is 276 g/mol. The van der Waals surface area contributed by atoms with Crippen molar-refractivity contribution in [3.63, 3.8) is 0 Å². The lowest BCUT2D eigenvalue weighted by Crippen LogP contribution is -2.58. The average molecular weight is 306 g/mol. The van der Waals surface area contributed by atoms with Crippen LogP contribution in [-0.4, -0.2) is 28.2 Å². The van der Waals surface area contributed by atoms with E-state index in [1.54, 1.807) is 0 Å². The molecule has 0 bridgehead atoms. The van der Waals surface area contributed by atoms with E-state index in [1.165, 1.54) is 0 Å². The monoisotopic (exact) mass is 306 g/mol. The lowest BCUT2D eigenvalue weighted by atomic mass is 9.44. The van der Waals surface area contributed by atoms with Gasteiger partial charge in [0.2, 0.25) is 0 Å². The lowest BCUT2D eigenvalue weighted by molar-refractivity contribution is -0.171. The van der Waals surface area contributed by atoms with E-state index in [2.05, 4.69) is 13.8 Å². The van der Waals surface area contributed by atoms with Crippen molar-refractivity contribution in [3.8, 4) is 0 Å². The summed E-state index contributed by atoms with van der Waals surface area (Å²) in [6, 6.07) is 0. The fraction of sp³-hybridized carbons (Fsp3) is 0.947. The van der Waals surface area contributed by atoms with Crippen molar-refractivity contribution in [2.75, 3.05) is 0 Å². The zero-order valence-corrected chi connectivity index (χ0v) is 13.9. The number of Topliss-reactive ketones (excluding diaryl/α,β-unsaturated/α-hetero) is 1. The molecule has 4 fully saturated rings. The van der Waals surface area contributed by atoms with Crippen LogP contribution < -0.4 is 0 Å². The van der Waals surface area contributed by atoms with Crippen molar-refractivity contribution >= 4 is 5.78 Å². The Morgan fingerprint density at radius 2 is 1.73 bits per heavy atom. The summed E-state index contributed by atoms with van der Waals surface area (Å²) in [5.41, 5.74) is 0.239. The van der Waals surface area contributed by atoms with Crippen molar-refractivity contribution in [1.82, 2.24) is 0 Å². The van der Waals surface area contributed by atoms with Gasteiger partial charge >= 0.3 is 0 Å². The quantitative estimate of drug-likeness (QED) is 0.723. The zero-order chi connectivity index (χ0) is 15.7. The number of rotatable bonds is 0. The maximum absolute atomic E-state index is 11.9. The van der Waals surface area contributed by atoms with E-state index in [9.17, 15) is 15.0 Å². The number of carbonyl (C=O) groups excluding carboxylic acids is 1. The third-order valence-corrected chi connectivity index (χ3v) is 8.45. The number of fused-ring (bicyclic) bond motifs is 5. The molecule has 4 rings (SSSR count). The van der Waals surface area contributed by atoms with Crippen LogP contribution in [0.5, 0.6) is 0 Å². The van der Waals surface area contributed by atoms with Gasteiger partial charge in [-0.2, -0.15) is 0 Å². The second kappa shape index (κ2) is 4.80. The standard InChI is InChI=1S/C19H30O3/c1-18-7-5-12(20)9-11(18)10-15(21)17-13-3-4-16(22)19(13,2)8-6-14(17)18/h11,13-17,21-22H,3-10H2,1-2H3/t11-,13+,14+,15+,16+,17+,18+,19+/m1/s1. The minimum absolute atomic E-state index is 0.00975. The number of hydrogen-bond donors (Lipinski definition) is 2. The molecule has 0 saturated heterocycles. The molecule has 0 aromatic carbocycles. The summed E-state index contributed by atoms with van der Waals surface area (Å²) >= 11 is 0. The molecule has 3 heteroatoms. The smallest absolute Gasteiger partial charge is 0.133 e. The third kappa shape index (κ3) is 1.84. The largest absolute Gasteiger partial charge is 0.393 e. The first-order valence-corrected chi connectivity index (χ1v) is 9.24. The van der Waals surface area contributed by atoms with Gasteiger partial charge in [0.15, 0.2) is 0 Å². The van der Waals surface area contributed by atoms with Crippen molar-refractivity contribution in [3.05, 3.63) is 0 Å². The minimum Gasteiger partial charge on any atom is -0.393 e. The Balaban J connectivity index is 1.68. The predicted octanol–water partition coefficient (Wildman–Crippen LogP) is 2.93. The molecule has 22 heavy (non-hydrogen) atoms. The highest BCUT2D eigenvalue weighted by Gasteiger charge is 2.62. The molecule has 0 radical (unpaired) electrons. The van der Waals surface area contributed by atoms with Crippen LogP contribution in [0.1, 0.15) is 65.2 Å². The van der Waals surface area contributed by atoms with Gasteiger partial charge in [-0.1, -0.05) is 13.8 Å². The highest BCUT2D eigenvalue weighted by molar-refractivity contribution is 5.79. The number of ketones is 1. The van der Waals surface area contributed by atoms with E-state index in [4.69, 9.17) is 0 Å². The molecule has 8 atom stereocenters. The van der Waals surface area contributed by atoms with Crippen LogP contribution >= 0.6 is 0 Å². The van der Waals surface area contributed by atoms with Gasteiger partial charge in [0.05, 0.1) is 12.2 Å². The molecule has 0 spiro atoms. The molecule has 2 N–H and O–H groups in total. The maximum Gasteiger partial charge on any atom is 0.133 e. The summed E-state index contributed by atoms with van der Waals surface area (Å²) in [6.07, 6.45) is 6.93. The molecule has 4 aliphatic rings. The fourth-order valence-electron chi connectivity index (χ4n) is 6.99. The Kier molecular flexibility index (Phi) is 3.30. The molecule has 4 saturated carbocycles. The summed E-state index contributed by atoms with van der Waals surface area (Å²) < 4.78 is 0. The molecular formula is C19H30O3. The first kappa shape index (κ1) is 15.1. The van der Waals surface area contributed by atoms with Crippen molar-refractivity contribution < 1.29 is 15.0 Å².